The summed E-state index contributed by atoms with van der Waals surface area (Å²) in [6, 6.07) is 28.1. The van der Waals surface area contributed by atoms with E-state index in [1.165, 1.54) is 11.1 Å². The smallest absolute Gasteiger partial charge is 0.407 e. The molecule has 0 radical (unpaired) electrons. The molecule has 0 aromatic heterocycles. The number of hydrogen-bond donors (Lipinski definition) is 6. The molecule has 2 aliphatic rings. The van der Waals surface area contributed by atoms with Crippen molar-refractivity contribution in [2.75, 3.05) is 78.9 Å². The molecule has 2 heterocycles. The lowest BCUT2D eigenvalue weighted by atomic mass is 10.1. The van der Waals surface area contributed by atoms with Crippen molar-refractivity contribution in [2.24, 2.45) is 5.73 Å². The van der Waals surface area contributed by atoms with Crippen LogP contribution in [0.2, 0.25) is 0 Å². The number of carbonyl (C=O) groups excluding carboxylic acids is 5. The van der Waals surface area contributed by atoms with Gasteiger partial charge in [-0.25, -0.2) is 4.79 Å². The average molecular weight is 995 g/mol. The lowest BCUT2D eigenvalue weighted by molar-refractivity contribution is -0.124. The zero-order valence-corrected chi connectivity index (χ0v) is 41.7. The van der Waals surface area contributed by atoms with Crippen LogP contribution in [-0.2, 0) is 36.9 Å². The SMILES string of the molecule is CC(C)(C)OC(=O)NC[C@H](NC(=O)c1ccc(C#C/C=C\c2ccc(CN3CCOCC3)cc2)cc1)C(=O)CO.NC[C@H](NC(=O)c1ccc(C#C/C=C\c2ccc(CN3CCOCC3)cc2)cc1)C(=O)CO. The maximum absolute atomic E-state index is 12.7. The topological polar surface area (TPSA) is 222 Å². The van der Waals surface area contributed by atoms with Crippen LogP contribution in [0, 0.1) is 23.7 Å². The number of aliphatic hydroxyl groups is 2. The number of rotatable bonds is 17. The molecule has 16 nitrogen and oxygen atoms in total. The molecule has 4 aromatic carbocycles. The van der Waals surface area contributed by atoms with E-state index in [1.807, 2.05) is 12.2 Å². The summed E-state index contributed by atoms with van der Waals surface area (Å²) in [6.45, 7) is 12.3. The second kappa shape index (κ2) is 29.9. The normalized spacial score (nSPS) is 14.8. The zero-order chi connectivity index (χ0) is 52.4. The number of ether oxygens (including phenoxy) is 3. The molecule has 2 aliphatic heterocycles. The molecule has 0 spiro atoms. The van der Waals surface area contributed by atoms with E-state index in [0.29, 0.717) is 11.1 Å². The number of carbonyl (C=O) groups is 5. The van der Waals surface area contributed by atoms with Crippen LogP contribution in [-0.4, -0.2) is 146 Å². The van der Waals surface area contributed by atoms with Crippen LogP contribution in [0.15, 0.2) is 109 Å². The van der Waals surface area contributed by atoms with Gasteiger partial charge in [-0.2, -0.15) is 0 Å². The minimum Gasteiger partial charge on any atom is -0.444 e. The fourth-order valence-electron chi connectivity index (χ4n) is 7.16. The number of nitrogens with two attached hydrogens (primary N) is 1. The van der Waals surface area contributed by atoms with Crippen molar-refractivity contribution in [1.29, 1.82) is 0 Å². The minimum absolute atomic E-state index is 0.0718. The number of hydrogen-bond acceptors (Lipinski definition) is 13. The number of morpholine rings is 2. The molecule has 7 N–H and O–H groups in total. The monoisotopic (exact) mass is 994 g/mol. The largest absolute Gasteiger partial charge is 0.444 e. The molecule has 2 fully saturated rings. The average Bonchev–Trinajstić information content (AvgIpc) is 3.40. The van der Waals surface area contributed by atoms with Crippen LogP contribution in [0.4, 0.5) is 4.79 Å². The number of nitrogens with zero attached hydrogens (tertiary/aromatic N) is 2. The Bertz CT molecular complexity index is 2610. The standard InChI is InChI=1S/C31H37N3O6.C26H29N3O4/c1-31(2,3)40-30(38)32-20-27(28(36)22-35)33-29(37)26-14-12-24(13-15-26)7-5-4-6-23-8-10-25(11-9-23)21-34-16-18-39-19-17-34;27-17-24(25(31)19-30)28-26(32)23-11-9-21(10-12-23)4-2-1-3-20-5-7-22(8-6-20)18-29-13-15-33-16-14-29/h4,6,8-15,27,35H,16-22H2,1-3H3,(H,32,38)(H,33,37);1,3,5-12,24,30H,13-19,27H2,(H,28,32)/b6-4-;3-1-/t27-;24-/m00/s1. The van der Waals surface area contributed by atoms with Gasteiger partial charge in [0.2, 0.25) is 0 Å². The van der Waals surface area contributed by atoms with Crippen molar-refractivity contribution < 1.29 is 48.4 Å². The Morgan fingerprint density at radius 2 is 1.03 bits per heavy atom. The highest BCUT2D eigenvalue weighted by Crippen LogP contribution is 2.13. The first-order valence-corrected chi connectivity index (χ1v) is 24.1. The van der Waals surface area contributed by atoms with E-state index in [1.54, 1.807) is 81.5 Å². The number of benzene rings is 4. The number of alkyl carbamates (subject to hydrolysis) is 1. The Morgan fingerprint density at radius 1 is 0.630 bits per heavy atom. The summed E-state index contributed by atoms with van der Waals surface area (Å²) in [5, 5.41) is 25.7. The fourth-order valence-corrected chi connectivity index (χ4v) is 7.16. The number of nitrogens with one attached hydrogen (secondary N) is 3. The van der Waals surface area contributed by atoms with Gasteiger partial charge in [0, 0.05) is 74.6 Å². The third-order valence-electron chi connectivity index (χ3n) is 11.2. The van der Waals surface area contributed by atoms with Gasteiger partial charge in [-0.15, -0.1) is 0 Å². The predicted octanol–water partition coefficient (Wildman–Crippen LogP) is 3.97. The number of Topliss-reactive ketones (excluding diaryl/α,β-unsaturated/α-hetero) is 2. The second-order valence-corrected chi connectivity index (χ2v) is 18.0. The summed E-state index contributed by atoms with van der Waals surface area (Å²) >= 11 is 0. The predicted molar refractivity (Wildman–Crippen MR) is 280 cm³/mol. The Hall–Kier alpha value is -7.25. The first kappa shape index (κ1) is 56.7. The molecule has 384 valence electrons. The lowest BCUT2D eigenvalue weighted by Gasteiger charge is -2.26. The maximum atomic E-state index is 12.7. The van der Waals surface area contributed by atoms with Gasteiger partial charge < -0.3 is 46.1 Å². The van der Waals surface area contributed by atoms with Gasteiger partial charge in [0.15, 0.2) is 11.6 Å². The third kappa shape index (κ3) is 20.8. The summed E-state index contributed by atoms with van der Waals surface area (Å²) < 4.78 is 15.9. The summed E-state index contributed by atoms with van der Waals surface area (Å²) in [6.07, 6.45) is 6.75. The van der Waals surface area contributed by atoms with Crippen molar-refractivity contribution in [3.8, 4) is 23.7 Å². The van der Waals surface area contributed by atoms with Crippen molar-refractivity contribution in [2.45, 2.75) is 51.5 Å². The summed E-state index contributed by atoms with van der Waals surface area (Å²) in [4.78, 5) is 65.2. The molecule has 2 atom stereocenters. The molecule has 0 saturated carbocycles. The van der Waals surface area contributed by atoms with Gasteiger partial charge in [-0.05, 0) is 116 Å². The molecule has 16 heteroatoms. The van der Waals surface area contributed by atoms with E-state index in [9.17, 15) is 29.1 Å². The van der Waals surface area contributed by atoms with Crippen LogP contribution in [0.1, 0.15) is 74.9 Å². The Balaban J connectivity index is 0.000000276. The number of ketones is 2. The molecular weight excluding hydrogens is 929 g/mol. The van der Waals surface area contributed by atoms with Crippen molar-refractivity contribution in [3.63, 3.8) is 0 Å². The number of allylic oxidation sites excluding steroid dienone is 2. The number of aliphatic hydroxyl groups excluding tert-OH is 2. The van der Waals surface area contributed by atoms with Gasteiger partial charge in [-0.3, -0.25) is 29.0 Å². The molecule has 73 heavy (non-hydrogen) atoms. The van der Waals surface area contributed by atoms with Gasteiger partial charge in [0.25, 0.3) is 11.8 Å². The van der Waals surface area contributed by atoms with E-state index in [-0.39, 0.29) is 13.1 Å². The molecule has 3 amide bonds. The van der Waals surface area contributed by atoms with Gasteiger partial charge >= 0.3 is 6.09 Å². The highest BCUT2D eigenvalue weighted by Gasteiger charge is 2.24. The molecule has 0 aliphatic carbocycles. The third-order valence-corrected chi connectivity index (χ3v) is 11.2. The Labute approximate surface area is 428 Å². The lowest BCUT2D eigenvalue weighted by Crippen LogP contribution is -2.50. The quantitative estimate of drug-likeness (QED) is 0.0826. The van der Waals surface area contributed by atoms with E-state index < -0.39 is 60.4 Å². The van der Waals surface area contributed by atoms with E-state index >= 15 is 0 Å². The molecule has 0 bridgehead atoms. The van der Waals surface area contributed by atoms with E-state index in [4.69, 9.17) is 25.1 Å². The maximum Gasteiger partial charge on any atom is 0.407 e. The van der Waals surface area contributed by atoms with Crippen LogP contribution in [0.25, 0.3) is 12.2 Å². The highest BCUT2D eigenvalue weighted by molar-refractivity contribution is 5.99. The van der Waals surface area contributed by atoms with E-state index in [0.717, 1.165) is 87.9 Å². The fraction of sp³-hybridized carbons (Fsp3) is 0.351. The molecular formula is C57H66N6O10. The summed E-state index contributed by atoms with van der Waals surface area (Å²) in [5.41, 5.74) is 11.6. The molecule has 4 aromatic rings. The molecule has 2 saturated heterocycles. The van der Waals surface area contributed by atoms with Crippen LogP contribution >= 0.6 is 0 Å². The van der Waals surface area contributed by atoms with Gasteiger partial charge in [0.1, 0.15) is 30.9 Å². The Kier molecular flexibility index (Phi) is 23.2. The minimum atomic E-state index is -1.11. The zero-order valence-electron chi connectivity index (χ0n) is 41.7. The van der Waals surface area contributed by atoms with E-state index in [2.05, 4.69) is 98.0 Å². The number of amides is 3. The molecule has 6 rings (SSSR count). The van der Waals surface area contributed by atoms with Gasteiger partial charge in [0.05, 0.1) is 26.4 Å². The second-order valence-electron chi connectivity index (χ2n) is 18.0. The van der Waals surface area contributed by atoms with Crippen molar-refractivity contribution >= 4 is 41.6 Å². The molecule has 0 unspecified atom stereocenters. The van der Waals surface area contributed by atoms with Crippen molar-refractivity contribution in [3.05, 3.63) is 154 Å². The first-order chi connectivity index (χ1) is 35.2. The highest BCUT2D eigenvalue weighted by atomic mass is 16.6. The first-order valence-electron chi connectivity index (χ1n) is 24.1. The van der Waals surface area contributed by atoms with Crippen LogP contribution in [0.3, 0.4) is 0 Å². The van der Waals surface area contributed by atoms with Crippen LogP contribution in [0.5, 0.6) is 0 Å². The summed E-state index contributed by atoms with van der Waals surface area (Å²) in [5.74, 6) is 9.96. The van der Waals surface area contributed by atoms with Gasteiger partial charge in [-0.1, -0.05) is 72.2 Å². The van der Waals surface area contributed by atoms with Crippen LogP contribution < -0.4 is 21.7 Å². The van der Waals surface area contributed by atoms with Crippen molar-refractivity contribution in [1.82, 2.24) is 25.8 Å². The Morgan fingerprint density at radius 3 is 1.41 bits per heavy atom. The summed E-state index contributed by atoms with van der Waals surface area (Å²) in [7, 11) is 0.